The smallest absolute Gasteiger partial charge is 0.255 e. The summed E-state index contributed by atoms with van der Waals surface area (Å²) in [6.07, 6.45) is 16.0. The number of allylic oxidation sites excluding steroid dienone is 5. The van der Waals surface area contributed by atoms with Gasteiger partial charge in [-0.3, -0.25) is 10.1 Å². The molecule has 0 spiro atoms. The lowest BCUT2D eigenvalue weighted by Crippen LogP contribution is -2.34. The number of rotatable bonds is 11. The van der Waals surface area contributed by atoms with Gasteiger partial charge in [0.1, 0.15) is 0 Å². The molecular formula is C18H24N2O2+2. The summed E-state index contributed by atoms with van der Waals surface area (Å²) in [5.41, 5.74) is 2.24. The summed E-state index contributed by atoms with van der Waals surface area (Å²) in [6.45, 7) is 8.03. The topological polar surface area (TPSA) is 47.9 Å². The molecule has 4 nitrogen and oxygen atoms in total. The summed E-state index contributed by atoms with van der Waals surface area (Å²) >= 11 is 0. The Morgan fingerprint density at radius 3 is 2.64 bits per heavy atom. The van der Waals surface area contributed by atoms with Gasteiger partial charge in [0.15, 0.2) is 25.4 Å². The number of hydrogen-bond acceptors (Lipinski definition) is 2. The molecule has 0 atom stereocenters. The van der Waals surface area contributed by atoms with Crippen LogP contribution in [-0.2, 0) is 22.6 Å². The molecule has 0 aromatic carbocycles. The SMILES string of the molecule is C=CCC(/C=C\OCOC[n+]1ccc(CC=C)cc1)=C/C=[NH2+]. The van der Waals surface area contributed by atoms with Crippen LogP contribution in [0.2, 0.25) is 0 Å². The van der Waals surface area contributed by atoms with Crippen LogP contribution in [0.25, 0.3) is 0 Å². The van der Waals surface area contributed by atoms with Crippen LogP contribution >= 0.6 is 0 Å². The van der Waals surface area contributed by atoms with Crippen LogP contribution in [-0.4, -0.2) is 13.0 Å². The predicted octanol–water partition coefficient (Wildman–Crippen LogP) is 1.50. The highest BCUT2D eigenvalue weighted by Gasteiger charge is 1.99. The van der Waals surface area contributed by atoms with Crippen LogP contribution in [0.4, 0.5) is 0 Å². The van der Waals surface area contributed by atoms with Crippen LogP contribution < -0.4 is 9.98 Å². The minimum absolute atomic E-state index is 0.186. The minimum Gasteiger partial charge on any atom is -0.475 e. The van der Waals surface area contributed by atoms with Gasteiger partial charge in [-0.1, -0.05) is 12.2 Å². The second kappa shape index (κ2) is 11.2. The zero-order valence-corrected chi connectivity index (χ0v) is 12.9. The molecule has 1 aromatic rings. The Labute approximate surface area is 132 Å². The fourth-order valence-electron chi connectivity index (χ4n) is 1.72. The summed E-state index contributed by atoms with van der Waals surface area (Å²) in [5.74, 6) is 0. The van der Waals surface area contributed by atoms with E-state index in [2.05, 4.69) is 13.2 Å². The first-order valence-electron chi connectivity index (χ1n) is 7.10. The van der Waals surface area contributed by atoms with Gasteiger partial charge in [-0.25, -0.2) is 0 Å². The third kappa shape index (κ3) is 7.36. The average Bonchev–Trinajstić information content (AvgIpc) is 2.53. The third-order valence-electron chi connectivity index (χ3n) is 2.80. The van der Waals surface area contributed by atoms with Gasteiger partial charge in [0.2, 0.25) is 0 Å². The molecule has 0 saturated heterocycles. The molecule has 0 amide bonds. The standard InChI is InChI=1S/C18H23N2O2/c1-3-5-17(7-11-19)10-14-21-16-22-15-20-12-8-18(6-4-2)9-13-20/h3-4,7-14,19H,1-2,5-6,15-16H2/q+1/p+1/b14-10-,17-7-,19-11?. The highest BCUT2D eigenvalue weighted by molar-refractivity contribution is 5.67. The van der Waals surface area contributed by atoms with Crippen molar-refractivity contribution in [2.24, 2.45) is 0 Å². The average molecular weight is 300 g/mol. The molecule has 0 aliphatic carbocycles. The lowest BCUT2D eigenvalue weighted by molar-refractivity contribution is -0.734. The number of ether oxygens (including phenoxy) is 2. The van der Waals surface area contributed by atoms with Crippen molar-refractivity contribution in [1.29, 1.82) is 0 Å². The monoisotopic (exact) mass is 300 g/mol. The second-order valence-electron chi connectivity index (χ2n) is 4.56. The Morgan fingerprint density at radius 1 is 1.23 bits per heavy atom. The molecule has 116 valence electrons. The van der Waals surface area contributed by atoms with Crippen molar-refractivity contribution in [1.82, 2.24) is 0 Å². The normalized spacial score (nSPS) is 11.4. The zero-order valence-electron chi connectivity index (χ0n) is 12.9. The van der Waals surface area contributed by atoms with Gasteiger partial charge >= 0.3 is 0 Å². The van der Waals surface area contributed by atoms with Crippen molar-refractivity contribution in [3.63, 3.8) is 0 Å². The van der Waals surface area contributed by atoms with Crippen LogP contribution in [0.1, 0.15) is 12.0 Å². The first-order valence-corrected chi connectivity index (χ1v) is 7.10. The van der Waals surface area contributed by atoms with E-state index in [0.29, 0.717) is 6.73 Å². The number of nitrogens with zero attached hydrogens (tertiary/aromatic N) is 1. The van der Waals surface area contributed by atoms with Crippen molar-refractivity contribution in [3.05, 3.63) is 79.4 Å². The molecule has 1 heterocycles. The van der Waals surface area contributed by atoms with Crippen molar-refractivity contribution >= 4 is 6.21 Å². The maximum Gasteiger partial charge on any atom is 0.255 e. The molecule has 0 radical (unpaired) electrons. The molecule has 0 fully saturated rings. The van der Waals surface area contributed by atoms with E-state index in [4.69, 9.17) is 14.9 Å². The molecule has 0 aliphatic heterocycles. The summed E-state index contributed by atoms with van der Waals surface area (Å²) in [4.78, 5) is 0. The van der Waals surface area contributed by atoms with E-state index in [1.54, 1.807) is 6.26 Å². The molecule has 4 heteroatoms. The second-order valence-corrected chi connectivity index (χ2v) is 4.56. The maximum absolute atomic E-state index is 5.42. The Hall–Kier alpha value is -2.46. The van der Waals surface area contributed by atoms with Crippen molar-refractivity contribution in [2.45, 2.75) is 19.6 Å². The van der Waals surface area contributed by atoms with E-state index in [1.807, 2.05) is 53.4 Å². The van der Waals surface area contributed by atoms with Crippen LogP contribution in [0.3, 0.4) is 0 Å². The first-order chi connectivity index (χ1) is 10.8. The Balaban J connectivity index is 2.27. The van der Waals surface area contributed by atoms with Gasteiger partial charge in [-0.05, 0) is 30.1 Å². The Kier molecular flexibility index (Phi) is 8.98. The highest BCUT2D eigenvalue weighted by Crippen LogP contribution is 2.02. The van der Waals surface area contributed by atoms with Crippen LogP contribution in [0.15, 0.2) is 73.8 Å². The number of hydrogen-bond donors (Lipinski definition) is 1. The van der Waals surface area contributed by atoms with Gasteiger partial charge in [-0.2, -0.15) is 4.57 Å². The zero-order chi connectivity index (χ0) is 16.0. The van der Waals surface area contributed by atoms with Gasteiger partial charge < -0.3 is 4.74 Å². The number of nitrogens with two attached hydrogens (primary N) is 1. The van der Waals surface area contributed by atoms with Gasteiger partial charge in [0.25, 0.3) is 6.73 Å². The van der Waals surface area contributed by atoms with Crippen LogP contribution in [0, 0.1) is 0 Å². The lowest BCUT2D eigenvalue weighted by atomic mass is 10.2. The first kappa shape index (κ1) is 17.6. The lowest BCUT2D eigenvalue weighted by Gasteiger charge is -2.02. The molecule has 2 N–H and O–H groups in total. The fourth-order valence-corrected chi connectivity index (χ4v) is 1.72. The number of aromatic nitrogens is 1. The van der Waals surface area contributed by atoms with E-state index >= 15 is 0 Å². The molecule has 0 saturated carbocycles. The van der Waals surface area contributed by atoms with Gasteiger partial charge in [0, 0.05) is 18.2 Å². The largest absolute Gasteiger partial charge is 0.475 e. The predicted molar refractivity (Wildman–Crippen MR) is 87.6 cm³/mol. The van der Waals surface area contributed by atoms with Crippen LogP contribution in [0.5, 0.6) is 0 Å². The van der Waals surface area contributed by atoms with E-state index in [0.717, 1.165) is 18.4 Å². The Bertz CT molecular complexity index is 531. The summed E-state index contributed by atoms with van der Waals surface area (Å²) in [5, 5.41) is 5.36. The fraction of sp³-hybridized carbons (Fsp3) is 0.222. The van der Waals surface area contributed by atoms with Crippen molar-refractivity contribution in [3.8, 4) is 0 Å². The van der Waals surface area contributed by atoms with E-state index in [-0.39, 0.29) is 6.79 Å². The molecular weight excluding hydrogens is 276 g/mol. The minimum atomic E-state index is 0.186. The number of pyridine rings is 1. The van der Waals surface area contributed by atoms with Gasteiger partial charge in [-0.15, -0.1) is 13.2 Å². The maximum atomic E-state index is 5.42. The van der Waals surface area contributed by atoms with E-state index in [1.165, 1.54) is 11.8 Å². The summed E-state index contributed by atoms with van der Waals surface area (Å²) < 4.78 is 12.6. The Morgan fingerprint density at radius 2 is 2.00 bits per heavy atom. The summed E-state index contributed by atoms with van der Waals surface area (Å²) in [7, 11) is 0. The van der Waals surface area contributed by atoms with Crippen molar-refractivity contribution in [2.75, 3.05) is 6.79 Å². The van der Waals surface area contributed by atoms with E-state index in [9.17, 15) is 0 Å². The molecule has 1 aromatic heterocycles. The molecule has 1 rings (SSSR count). The quantitative estimate of drug-likeness (QED) is 0.128. The van der Waals surface area contributed by atoms with Gasteiger partial charge in [0.05, 0.1) is 6.26 Å². The molecule has 0 unspecified atom stereocenters. The third-order valence-corrected chi connectivity index (χ3v) is 2.80. The molecule has 0 aliphatic rings. The summed E-state index contributed by atoms with van der Waals surface area (Å²) in [6, 6.07) is 4.09. The van der Waals surface area contributed by atoms with E-state index < -0.39 is 0 Å². The molecule has 22 heavy (non-hydrogen) atoms. The van der Waals surface area contributed by atoms with Crippen molar-refractivity contribution < 1.29 is 19.5 Å². The highest BCUT2D eigenvalue weighted by atomic mass is 16.7. The molecule has 0 bridgehead atoms.